The van der Waals surface area contributed by atoms with Gasteiger partial charge in [-0.25, -0.2) is 4.39 Å². The number of halogens is 1. The Bertz CT molecular complexity index is 1640. The average Bonchev–Trinajstić information content (AvgIpc) is 3.67. The molecule has 0 unspecified atom stereocenters. The fraction of sp³-hybridized carbons (Fsp3) is 0.286. The second-order valence-electron chi connectivity index (χ2n) is 9.97. The Balaban J connectivity index is 1.35. The van der Waals surface area contributed by atoms with Crippen LogP contribution >= 0.6 is 0 Å². The van der Waals surface area contributed by atoms with Crippen LogP contribution in [0.5, 0.6) is 5.75 Å². The monoisotopic (exact) mass is 544 g/mol. The van der Waals surface area contributed by atoms with Crippen molar-refractivity contribution in [1.82, 2.24) is 19.9 Å². The molecule has 40 heavy (non-hydrogen) atoms. The second-order valence-corrected chi connectivity index (χ2v) is 9.97. The smallest absolute Gasteiger partial charge is 0.253 e. The van der Waals surface area contributed by atoms with Gasteiger partial charge >= 0.3 is 0 Å². The minimum absolute atomic E-state index is 0.103. The standard InChI is InChI=1S/C28H29FN8O3/c1-36-11-4-7-20(36)27(39)37-12-9-15-13-22(40-2)19(14-21(15)37)33-28-34-25-16(8-10-31-25)26(35-28)32-18-6-3-5-17(29)23(18)24(30)38/h3,5-6,8,10,13-14,20H,4,7,9,11-12H2,1-2H3,(H2,30,38)(H3,31,32,33,34,35)/t20-/m0/s1. The van der Waals surface area contributed by atoms with E-state index in [1.807, 2.05) is 24.1 Å². The summed E-state index contributed by atoms with van der Waals surface area (Å²) in [4.78, 5) is 41.6. The number of carbonyl (C=O) groups excluding carboxylic acids is 2. The third-order valence-electron chi connectivity index (χ3n) is 7.54. The van der Waals surface area contributed by atoms with Crippen LogP contribution < -0.4 is 26.0 Å². The van der Waals surface area contributed by atoms with Crippen LogP contribution in [0.3, 0.4) is 0 Å². The number of anilines is 5. The first-order chi connectivity index (χ1) is 19.3. The second kappa shape index (κ2) is 10.1. The van der Waals surface area contributed by atoms with E-state index >= 15 is 0 Å². The molecule has 4 aromatic rings. The van der Waals surface area contributed by atoms with Crippen LogP contribution in [-0.2, 0) is 11.2 Å². The summed E-state index contributed by atoms with van der Waals surface area (Å²) in [7, 11) is 3.57. The first-order valence-electron chi connectivity index (χ1n) is 13.0. The SMILES string of the molecule is COc1cc2c(cc1Nc1nc(Nc3cccc(F)c3C(N)=O)c3cc[nH]c3n1)N(C(=O)[C@@H]1CCCN1C)CC2. The number of fused-ring (bicyclic) bond motifs is 2. The van der Waals surface area contributed by atoms with E-state index in [1.165, 1.54) is 12.1 Å². The number of ether oxygens (including phenoxy) is 1. The number of likely N-dealkylation sites (tertiary alicyclic amines) is 1. The number of nitrogens with two attached hydrogens (primary N) is 1. The number of nitrogens with zero attached hydrogens (tertiary/aromatic N) is 4. The van der Waals surface area contributed by atoms with E-state index in [1.54, 1.807) is 25.4 Å². The van der Waals surface area contributed by atoms with Gasteiger partial charge in [0.15, 0.2) is 0 Å². The predicted octanol–water partition coefficient (Wildman–Crippen LogP) is 3.68. The number of nitrogens with one attached hydrogen (secondary N) is 3. The summed E-state index contributed by atoms with van der Waals surface area (Å²) in [6.45, 7) is 1.53. The van der Waals surface area contributed by atoms with Gasteiger partial charge in [-0.1, -0.05) is 6.07 Å². The summed E-state index contributed by atoms with van der Waals surface area (Å²) in [6.07, 6.45) is 4.30. The van der Waals surface area contributed by atoms with Gasteiger partial charge in [0.2, 0.25) is 11.9 Å². The van der Waals surface area contributed by atoms with Crippen molar-refractivity contribution >= 4 is 51.7 Å². The fourth-order valence-electron chi connectivity index (χ4n) is 5.53. The van der Waals surface area contributed by atoms with Crippen molar-refractivity contribution in [3.63, 3.8) is 0 Å². The molecule has 2 amide bonds. The number of carbonyl (C=O) groups is 2. The molecule has 2 aliphatic heterocycles. The van der Waals surface area contributed by atoms with Crippen LogP contribution in [0.2, 0.25) is 0 Å². The lowest BCUT2D eigenvalue weighted by atomic mass is 10.1. The van der Waals surface area contributed by atoms with Crippen LogP contribution in [0.25, 0.3) is 11.0 Å². The first kappa shape index (κ1) is 25.6. The third kappa shape index (κ3) is 4.45. The van der Waals surface area contributed by atoms with Gasteiger partial charge in [-0.15, -0.1) is 0 Å². The number of hydrogen-bond donors (Lipinski definition) is 4. The van der Waals surface area contributed by atoms with Gasteiger partial charge in [0.25, 0.3) is 5.91 Å². The van der Waals surface area contributed by atoms with E-state index in [0.29, 0.717) is 34.8 Å². The molecule has 5 N–H and O–H groups in total. The highest BCUT2D eigenvalue weighted by Gasteiger charge is 2.35. The van der Waals surface area contributed by atoms with Gasteiger partial charge in [0.05, 0.1) is 35.5 Å². The quantitative estimate of drug-likeness (QED) is 0.276. The van der Waals surface area contributed by atoms with Crippen LogP contribution in [0, 0.1) is 5.82 Å². The predicted molar refractivity (Wildman–Crippen MR) is 150 cm³/mol. The molecule has 0 spiro atoms. The number of aromatic nitrogens is 3. The molecule has 4 heterocycles. The largest absolute Gasteiger partial charge is 0.495 e. The summed E-state index contributed by atoms with van der Waals surface area (Å²) in [6, 6.07) is 9.67. The van der Waals surface area contributed by atoms with Gasteiger partial charge in [0, 0.05) is 18.4 Å². The molecule has 0 aliphatic carbocycles. The minimum Gasteiger partial charge on any atom is -0.495 e. The summed E-state index contributed by atoms with van der Waals surface area (Å²) in [5.74, 6) is -0.394. The number of amides is 2. The van der Waals surface area contributed by atoms with Gasteiger partial charge in [0.1, 0.15) is 23.0 Å². The van der Waals surface area contributed by atoms with Gasteiger partial charge < -0.3 is 31.0 Å². The summed E-state index contributed by atoms with van der Waals surface area (Å²) in [5.41, 5.74) is 8.31. The van der Waals surface area contributed by atoms with E-state index in [4.69, 9.17) is 10.5 Å². The molecular weight excluding hydrogens is 515 g/mol. The molecule has 206 valence electrons. The summed E-state index contributed by atoms with van der Waals surface area (Å²) >= 11 is 0. The van der Waals surface area contributed by atoms with E-state index in [2.05, 4.69) is 30.5 Å². The number of H-pyrrole nitrogens is 1. The Morgan fingerprint density at radius 2 is 2.00 bits per heavy atom. The van der Waals surface area contributed by atoms with Crippen molar-refractivity contribution in [2.45, 2.75) is 25.3 Å². The van der Waals surface area contributed by atoms with Gasteiger partial charge in [-0.2, -0.15) is 9.97 Å². The molecule has 1 fully saturated rings. The van der Waals surface area contributed by atoms with Crippen LogP contribution in [-0.4, -0.2) is 65.0 Å². The average molecular weight is 545 g/mol. The number of rotatable bonds is 7. The summed E-state index contributed by atoms with van der Waals surface area (Å²) in [5, 5.41) is 6.89. The van der Waals surface area contributed by atoms with Crippen molar-refractivity contribution in [2.24, 2.45) is 5.73 Å². The Morgan fingerprint density at radius 3 is 2.75 bits per heavy atom. The molecule has 0 radical (unpaired) electrons. The lowest BCUT2D eigenvalue weighted by Gasteiger charge is -2.26. The number of likely N-dealkylation sites (N-methyl/N-ethyl adjacent to an activating group) is 1. The van der Waals surface area contributed by atoms with Crippen molar-refractivity contribution in [3.05, 3.63) is 59.5 Å². The number of primary amides is 1. The van der Waals surface area contributed by atoms with Gasteiger partial charge in [-0.3, -0.25) is 14.5 Å². The molecule has 0 bridgehead atoms. The molecule has 1 atom stereocenters. The lowest BCUT2D eigenvalue weighted by molar-refractivity contribution is -0.122. The van der Waals surface area contributed by atoms with E-state index in [0.717, 1.165) is 37.1 Å². The molecule has 1 saturated heterocycles. The Morgan fingerprint density at radius 1 is 1.15 bits per heavy atom. The lowest BCUT2D eigenvalue weighted by Crippen LogP contribution is -2.43. The topological polar surface area (TPSA) is 142 Å². The van der Waals surface area contributed by atoms with Crippen molar-refractivity contribution in [3.8, 4) is 5.75 Å². The highest BCUT2D eigenvalue weighted by Crippen LogP contribution is 2.39. The number of methoxy groups -OCH3 is 1. The van der Waals surface area contributed by atoms with E-state index in [-0.39, 0.29) is 29.1 Å². The molecule has 11 nitrogen and oxygen atoms in total. The highest BCUT2D eigenvalue weighted by molar-refractivity contribution is 6.01. The Labute approximate surface area is 229 Å². The van der Waals surface area contributed by atoms with Gasteiger partial charge in [-0.05, 0) is 68.8 Å². The van der Waals surface area contributed by atoms with Crippen molar-refractivity contribution in [1.29, 1.82) is 0 Å². The maximum absolute atomic E-state index is 14.4. The maximum Gasteiger partial charge on any atom is 0.253 e. The fourth-order valence-corrected chi connectivity index (χ4v) is 5.53. The number of hydrogen-bond acceptors (Lipinski definition) is 8. The number of benzene rings is 2. The Kier molecular flexibility index (Phi) is 6.46. The van der Waals surface area contributed by atoms with Crippen molar-refractivity contribution in [2.75, 3.05) is 42.8 Å². The Hall–Kier alpha value is -4.71. The normalized spacial score (nSPS) is 16.8. The van der Waals surface area contributed by atoms with E-state index < -0.39 is 11.7 Å². The zero-order chi connectivity index (χ0) is 28.0. The minimum atomic E-state index is -0.899. The third-order valence-corrected chi connectivity index (χ3v) is 7.54. The van der Waals surface area contributed by atoms with E-state index in [9.17, 15) is 14.0 Å². The molecule has 0 saturated carbocycles. The zero-order valence-electron chi connectivity index (χ0n) is 22.1. The molecule has 2 aromatic heterocycles. The molecule has 2 aromatic carbocycles. The molecule has 2 aliphatic rings. The van der Waals surface area contributed by atoms with Crippen LogP contribution in [0.15, 0.2) is 42.6 Å². The van der Waals surface area contributed by atoms with Crippen molar-refractivity contribution < 1.29 is 18.7 Å². The van der Waals surface area contributed by atoms with Crippen LogP contribution in [0.1, 0.15) is 28.8 Å². The van der Waals surface area contributed by atoms with Crippen LogP contribution in [0.4, 0.5) is 33.2 Å². The molecule has 6 rings (SSSR count). The zero-order valence-corrected chi connectivity index (χ0v) is 22.1. The molecular formula is C28H29FN8O3. The maximum atomic E-state index is 14.4. The summed E-state index contributed by atoms with van der Waals surface area (Å²) < 4.78 is 20.1. The molecule has 12 heteroatoms. The number of aromatic amines is 1. The first-order valence-corrected chi connectivity index (χ1v) is 13.0. The highest BCUT2D eigenvalue weighted by atomic mass is 19.1.